The molecule has 9 aromatic rings. The summed E-state index contributed by atoms with van der Waals surface area (Å²) < 4.78 is 115. The Morgan fingerprint density at radius 3 is 1.57 bits per heavy atom. The minimum Gasteiger partial charge on any atom is -0.310 e. The van der Waals surface area contributed by atoms with Gasteiger partial charge >= 0.3 is 0 Å². The maximum absolute atomic E-state index is 9.58. The Bertz CT molecular complexity index is 3310. The maximum Gasteiger partial charge on any atom is 0.0645 e. The Labute approximate surface area is 317 Å². The number of nitrogens with zero attached hydrogens (tertiary/aromatic N) is 1. The van der Waals surface area contributed by atoms with E-state index in [1.807, 2.05) is 127 Å². The van der Waals surface area contributed by atoms with Crippen LogP contribution in [0.1, 0.15) is 17.8 Å². The lowest BCUT2D eigenvalue weighted by atomic mass is 9.97. The van der Waals surface area contributed by atoms with Gasteiger partial charge < -0.3 is 4.90 Å². The zero-order valence-electron chi connectivity index (χ0n) is 40.1. The van der Waals surface area contributed by atoms with Gasteiger partial charge in [-0.15, -0.1) is 0 Å². The van der Waals surface area contributed by atoms with Crippen molar-refractivity contribution in [3.05, 3.63) is 212 Å². The molecule has 0 bridgehead atoms. The molecule has 9 rings (SSSR count). The Hall–Kier alpha value is -6.70. The molecule has 0 spiro atoms. The predicted molar refractivity (Wildman–Crippen MR) is 218 cm³/mol. The zero-order valence-corrected chi connectivity index (χ0v) is 27.1. The van der Waals surface area contributed by atoms with E-state index in [4.69, 9.17) is 12.3 Å². The molecule has 9 aromatic carbocycles. The molecule has 0 N–H and O–H groups in total. The van der Waals surface area contributed by atoms with Crippen LogP contribution in [0, 0.1) is 0 Å². The molecule has 1 heteroatoms. The summed E-state index contributed by atoms with van der Waals surface area (Å²) in [5.41, 5.74) is 2.32. The second kappa shape index (κ2) is 13.3. The molecule has 0 aliphatic rings. The first-order valence-corrected chi connectivity index (χ1v) is 16.5. The van der Waals surface area contributed by atoms with Crippen LogP contribution in [-0.4, -0.2) is 0 Å². The molecule has 0 aliphatic carbocycles. The number of anilines is 3. The molecule has 1 nitrogen and oxygen atoms in total. The third-order valence-electron chi connectivity index (χ3n) is 8.85. The highest BCUT2D eigenvalue weighted by Crippen LogP contribution is 2.40. The average Bonchev–Trinajstić information content (AvgIpc) is 3.32. The molecule has 51 heavy (non-hydrogen) atoms. The van der Waals surface area contributed by atoms with Gasteiger partial charge in [-0.2, -0.15) is 0 Å². The first-order chi connectivity index (χ1) is 30.7. The van der Waals surface area contributed by atoms with Crippen molar-refractivity contribution in [1.82, 2.24) is 0 Å². The highest BCUT2D eigenvalue weighted by atomic mass is 15.1. The van der Waals surface area contributed by atoms with Crippen molar-refractivity contribution >= 4 is 38.6 Å². The summed E-state index contributed by atoms with van der Waals surface area (Å²) in [7, 11) is 0. The molecule has 0 unspecified atom stereocenters. The first-order valence-electron chi connectivity index (χ1n) is 23.0. The topological polar surface area (TPSA) is 3.24 Å². The van der Waals surface area contributed by atoms with Crippen LogP contribution >= 0.6 is 0 Å². The minimum absolute atomic E-state index is 0.129. The van der Waals surface area contributed by atoms with Crippen LogP contribution in [0.4, 0.5) is 17.1 Å². The van der Waals surface area contributed by atoms with Crippen molar-refractivity contribution in [3.63, 3.8) is 0 Å². The van der Waals surface area contributed by atoms with Gasteiger partial charge in [0.25, 0.3) is 0 Å². The minimum atomic E-state index is -0.771. The highest BCUT2D eigenvalue weighted by Gasteiger charge is 2.16. The van der Waals surface area contributed by atoms with Crippen LogP contribution in [0.15, 0.2) is 212 Å². The summed E-state index contributed by atoms with van der Waals surface area (Å²) in [6, 6.07) is 34.3. The molecule has 240 valence electrons. The Balaban J connectivity index is 1.27. The number of fused-ring (bicyclic) bond motifs is 2. The summed E-state index contributed by atoms with van der Waals surface area (Å²) in [4.78, 5) is 1.65. The largest absolute Gasteiger partial charge is 0.310 e. The lowest BCUT2D eigenvalue weighted by molar-refractivity contribution is 1.28. The van der Waals surface area contributed by atoms with E-state index in [1.54, 1.807) is 4.90 Å². The molecule has 0 heterocycles. The molecule has 0 saturated carbocycles. The lowest BCUT2D eigenvalue weighted by Gasteiger charge is -2.27. The molecule has 0 aliphatic heterocycles. The SMILES string of the molecule is [2H]c1c([2H])c([2H])c(-c2c([2H])c([2H])c(-c3c([2H])c([2H])c(N(c4cccc(-c5ccc6ccccc6c5)c4)c4cccc(-c5cccc6ccccc56)c4)c([2H])c3[2H])c([2H])c2[2H])c([2H])c1[2H]. The second-order valence-electron chi connectivity index (χ2n) is 12.0. The van der Waals surface area contributed by atoms with E-state index in [2.05, 4.69) is 6.07 Å². The number of rotatable bonds is 7. The number of benzene rings is 9. The maximum atomic E-state index is 9.58. The molecular weight excluding hydrogens is 615 g/mol. The van der Waals surface area contributed by atoms with Crippen LogP contribution in [0.2, 0.25) is 0 Å². The Morgan fingerprint density at radius 1 is 0.314 bits per heavy atom. The van der Waals surface area contributed by atoms with Gasteiger partial charge in [0.2, 0.25) is 0 Å². The Kier molecular flexibility index (Phi) is 5.08. The van der Waals surface area contributed by atoms with Crippen molar-refractivity contribution in [2.24, 2.45) is 0 Å². The van der Waals surface area contributed by atoms with Crippen molar-refractivity contribution < 1.29 is 17.8 Å². The van der Waals surface area contributed by atoms with E-state index in [0.717, 1.165) is 43.8 Å². The van der Waals surface area contributed by atoms with Crippen molar-refractivity contribution in [2.45, 2.75) is 0 Å². The molecular formula is C50H35N. The molecule has 0 saturated heterocycles. The summed E-state index contributed by atoms with van der Waals surface area (Å²) in [6.07, 6.45) is 0. The third-order valence-corrected chi connectivity index (χ3v) is 8.85. The van der Waals surface area contributed by atoms with Crippen molar-refractivity contribution in [2.75, 3.05) is 4.90 Å². The zero-order chi connectivity index (χ0) is 45.3. The van der Waals surface area contributed by atoms with Crippen LogP contribution in [-0.2, 0) is 0 Å². The fraction of sp³-hybridized carbons (Fsp3) is 0. The molecule has 0 fully saturated rings. The van der Waals surface area contributed by atoms with Gasteiger partial charge in [0.05, 0.1) is 17.8 Å². The monoisotopic (exact) mass is 662 g/mol. The first kappa shape index (κ1) is 19.5. The van der Waals surface area contributed by atoms with Gasteiger partial charge in [-0.25, -0.2) is 0 Å². The molecule has 0 radical (unpaired) electrons. The fourth-order valence-corrected chi connectivity index (χ4v) is 6.37. The summed E-state index contributed by atoms with van der Waals surface area (Å²) in [5, 5.41) is 4.16. The van der Waals surface area contributed by atoms with Crippen molar-refractivity contribution in [1.29, 1.82) is 0 Å². The van der Waals surface area contributed by atoms with E-state index >= 15 is 0 Å². The standard InChI is InChI=1S/C50H35N/c1-2-11-36(12-3-1)38-23-25-39(26-24-38)40-29-31-46(32-30-40)51(47-19-8-17-43(34-47)44-28-27-37-13-4-5-15-42(37)33-44)48-20-9-18-45(35-48)50-22-10-16-41-14-6-7-21-49(41)50/h1-35H/i1D,2D,3D,11D,12D,23D,24D,25D,26D,29D,30D,31D,32D. The quantitative estimate of drug-likeness (QED) is 0.164. The summed E-state index contributed by atoms with van der Waals surface area (Å²) >= 11 is 0. The second-order valence-corrected chi connectivity index (χ2v) is 12.0. The van der Waals surface area contributed by atoms with Crippen LogP contribution in [0.5, 0.6) is 0 Å². The van der Waals surface area contributed by atoms with E-state index in [1.165, 1.54) is 0 Å². The van der Waals surface area contributed by atoms with E-state index < -0.39 is 101 Å². The van der Waals surface area contributed by atoms with Gasteiger partial charge in [-0.3, -0.25) is 0 Å². The van der Waals surface area contributed by atoms with E-state index in [-0.39, 0.29) is 5.69 Å². The third kappa shape index (κ3) is 6.07. The van der Waals surface area contributed by atoms with E-state index in [9.17, 15) is 5.48 Å². The van der Waals surface area contributed by atoms with Gasteiger partial charge in [0, 0.05) is 17.1 Å². The van der Waals surface area contributed by atoms with Crippen LogP contribution in [0.3, 0.4) is 0 Å². The smallest absolute Gasteiger partial charge is 0.0645 e. The van der Waals surface area contributed by atoms with Gasteiger partial charge in [-0.1, -0.05) is 170 Å². The normalized spacial score (nSPS) is 14.7. The van der Waals surface area contributed by atoms with Crippen LogP contribution < -0.4 is 4.90 Å². The lowest BCUT2D eigenvalue weighted by Crippen LogP contribution is -2.10. The van der Waals surface area contributed by atoms with Gasteiger partial charge in [0.1, 0.15) is 0 Å². The predicted octanol–water partition coefficient (Wildman–Crippen LogP) is 14.1. The molecule has 0 atom stereocenters. The van der Waals surface area contributed by atoms with Gasteiger partial charge in [-0.05, 0) is 108 Å². The molecule has 0 amide bonds. The number of hydrogen-bond donors (Lipinski definition) is 0. The fourth-order valence-electron chi connectivity index (χ4n) is 6.37. The molecule has 0 aromatic heterocycles. The summed E-state index contributed by atoms with van der Waals surface area (Å²) in [5.74, 6) is 0. The highest BCUT2D eigenvalue weighted by molar-refractivity contribution is 5.97. The van der Waals surface area contributed by atoms with Crippen LogP contribution in [0.25, 0.3) is 66.1 Å². The summed E-state index contributed by atoms with van der Waals surface area (Å²) in [6.45, 7) is 0. The Morgan fingerprint density at radius 2 is 0.843 bits per heavy atom. The average molecular weight is 663 g/mol. The van der Waals surface area contributed by atoms with E-state index in [0.29, 0.717) is 11.4 Å². The van der Waals surface area contributed by atoms with Gasteiger partial charge in [0.15, 0.2) is 0 Å². The van der Waals surface area contributed by atoms with Crippen molar-refractivity contribution in [3.8, 4) is 44.5 Å². The number of hydrogen-bond acceptors (Lipinski definition) is 1.